The largest absolute Gasteiger partial charge is 0.349 e. The van der Waals surface area contributed by atoms with Crippen LogP contribution in [0.2, 0.25) is 0 Å². The van der Waals surface area contributed by atoms with Crippen molar-refractivity contribution in [2.24, 2.45) is 0 Å². The third kappa shape index (κ3) is 2.43. The smallest absolute Gasteiger partial charge is 0.293 e. The van der Waals surface area contributed by atoms with Gasteiger partial charge in [0.1, 0.15) is 5.69 Å². The molecule has 3 rings (SSSR count). The van der Waals surface area contributed by atoms with E-state index in [4.69, 9.17) is 12.2 Å². The van der Waals surface area contributed by atoms with Gasteiger partial charge in [-0.05, 0) is 23.8 Å². The number of hydrogen-bond acceptors (Lipinski definition) is 5. The Morgan fingerprint density at radius 2 is 2.29 bits per heavy atom. The highest BCUT2D eigenvalue weighted by Gasteiger charge is 2.28. The van der Waals surface area contributed by atoms with E-state index in [9.17, 15) is 10.1 Å². The number of pyridine rings is 1. The van der Waals surface area contributed by atoms with Gasteiger partial charge in [0.05, 0.1) is 21.8 Å². The van der Waals surface area contributed by atoms with Crippen molar-refractivity contribution >= 4 is 40.0 Å². The quantitative estimate of drug-likeness (QED) is 0.512. The minimum atomic E-state index is -0.396. The second-order valence-electron chi connectivity index (χ2n) is 4.79. The summed E-state index contributed by atoms with van der Waals surface area (Å²) in [5, 5.41) is 17.4. The van der Waals surface area contributed by atoms with Crippen LogP contribution in [0, 0.1) is 10.1 Å². The lowest BCUT2D eigenvalue weighted by atomic mass is 10.0. The Bertz CT molecular complexity index is 733. The summed E-state index contributed by atoms with van der Waals surface area (Å²) in [5.41, 5.74) is 2.79. The van der Waals surface area contributed by atoms with E-state index in [1.54, 1.807) is 36.7 Å². The zero-order valence-electron chi connectivity index (χ0n) is 11.2. The first-order valence-electron chi connectivity index (χ1n) is 6.36. The predicted octanol–water partition coefficient (Wildman–Crippen LogP) is 3.59. The Morgan fingerprint density at radius 1 is 1.48 bits per heavy atom. The molecule has 1 unspecified atom stereocenters. The van der Waals surface area contributed by atoms with Gasteiger partial charge in [-0.3, -0.25) is 15.1 Å². The highest BCUT2D eigenvalue weighted by atomic mass is 32.1. The maximum absolute atomic E-state index is 11.3. The number of thiocarbonyl (C=S) groups is 1. The molecule has 2 aromatic rings. The molecule has 0 fully saturated rings. The molecule has 7 heteroatoms. The van der Waals surface area contributed by atoms with E-state index in [0.29, 0.717) is 16.4 Å². The molecular weight excluding hydrogens is 288 g/mol. The Labute approximate surface area is 126 Å². The molecule has 6 nitrogen and oxygen atoms in total. The van der Waals surface area contributed by atoms with Gasteiger partial charge in [0.15, 0.2) is 0 Å². The maximum Gasteiger partial charge on any atom is 0.293 e. The van der Waals surface area contributed by atoms with Gasteiger partial charge in [-0.1, -0.05) is 19.1 Å². The number of benzene rings is 1. The molecule has 0 spiro atoms. The molecule has 2 heterocycles. The molecular formula is C14H12N4O2S. The summed E-state index contributed by atoms with van der Waals surface area (Å²) in [6, 6.07) is 6.85. The zero-order chi connectivity index (χ0) is 15.0. The lowest BCUT2D eigenvalue weighted by Crippen LogP contribution is -2.05. The fraction of sp³-hybridized carbons (Fsp3) is 0.143. The first kappa shape index (κ1) is 13.4. The third-order valence-corrected chi connectivity index (χ3v) is 3.88. The van der Waals surface area contributed by atoms with Crippen LogP contribution < -0.4 is 10.6 Å². The average Bonchev–Trinajstić information content (AvgIpc) is 2.74. The Hall–Kier alpha value is -2.54. The zero-order valence-corrected chi connectivity index (χ0v) is 12.0. The molecule has 0 saturated heterocycles. The normalized spacial score (nSPS) is 16.2. The fourth-order valence-corrected chi connectivity index (χ4v) is 2.53. The molecule has 21 heavy (non-hydrogen) atoms. The van der Waals surface area contributed by atoms with Gasteiger partial charge in [-0.25, -0.2) is 0 Å². The third-order valence-electron chi connectivity index (χ3n) is 3.42. The SMILES string of the molecule is CC1C(=S)Nc2cc(Nc3cccnc3)c([N+](=O)[O-])cc21. The average molecular weight is 300 g/mol. The summed E-state index contributed by atoms with van der Waals surface area (Å²) in [5.74, 6) is -0.0128. The molecule has 2 N–H and O–H groups in total. The van der Waals surface area contributed by atoms with Gasteiger partial charge >= 0.3 is 0 Å². The van der Waals surface area contributed by atoms with E-state index < -0.39 is 4.92 Å². The Morgan fingerprint density at radius 3 is 2.95 bits per heavy atom. The summed E-state index contributed by atoms with van der Waals surface area (Å²) in [4.78, 5) is 15.6. The summed E-state index contributed by atoms with van der Waals surface area (Å²) in [6.45, 7) is 1.93. The summed E-state index contributed by atoms with van der Waals surface area (Å²) >= 11 is 5.22. The van der Waals surface area contributed by atoms with E-state index in [1.807, 2.05) is 6.92 Å². The minimum absolute atomic E-state index is 0.0128. The first-order chi connectivity index (χ1) is 10.1. The number of fused-ring (bicyclic) bond motifs is 1. The fourth-order valence-electron chi connectivity index (χ4n) is 2.30. The van der Waals surface area contributed by atoms with Crippen LogP contribution in [-0.4, -0.2) is 14.9 Å². The van der Waals surface area contributed by atoms with Gasteiger partial charge in [-0.15, -0.1) is 0 Å². The van der Waals surface area contributed by atoms with Gasteiger partial charge in [-0.2, -0.15) is 0 Å². The van der Waals surface area contributed by atoms with Gasteiger partial charge in [0.25, 0.3) is 5.69 Å². The number of nitrogens with zero attached hydrogens (tertiary/aromatic N) is 2. The predicted molar refractivity (Wildman–Crippen MR) is 85.3 cm³/mol. The topological polar surface area (TPSA) is 80.1 Å². The molecule has 1 aliphatic heterocycles. The number of hydrogen-bond donors (Lipinski definition) is 2. The van der Waals surface area contributed by atoms with Crippen LogP contribution in [0.25, 0.3) is 0 Å². The van der Waals surface area contributed by atoms with E-state index >= 15 is 0 Å². The molecule has 1 aliphatic rings. The van der Waals surface area contributed by atoms with Crippen molar-refractivity contribution < 1.29 is 4.92 Å². The monoisotopic (exact) mass is 300 g/mol. The van der Waals surface area contributed by atoms with Crippen LogP contribution in [0.1, 0.15) is 18.4 Å². The van der Waals surface area contributed by atoms with Crippen molar-refractivity contribution in [3.63, 3.8) is 0 Å². The number of nitro groups is 1. The van der Waals surface area contributed by atoms with Crippen LogP contribution in [-0.2, 0) is 0 Å². The molecule has 1 aromatic carbocycles. The van der Waals surface area contributed by atoms with Crippen molar-refractivity contribution in [2.75, 3.05) is 10.6 Å². The van der Waals surface area contributed by atoms with Crippen LogP contribution in [0.15, 0.2) is 36.7 Å². The van der Waals surface area contributed by atoms with Crippen molar-refractivity contribution in [3.05, 3.63) is 52.3 Å². The van der Waals surface area contributed by atoms with Crippen molar-refractivity contribution in [2.45, 2.75) is 12.8 Å². The van der Waals surface area contributed by atoms with E-state index in [-0.39, 0.29) is 11.6 Å². The first-order valence-corrected chi connectivity index (χ1v) is 6.77. The van der Waals surface area contributed by atoms with Crippen molar-refractivity contribution in [3.8, 4) is 0 Å². The van der Waals surface area contributed by atoms with E-state index in [1.165, 1.54) is 0 Å². The van der Waals surface area contributed by atoms with Crippen molar-refractivity contribution in [1.29, 1.82) is 0 Å². The maximum atomic E-state index is 11.3. The molecule has 1 aromatic heterocycles. The lowest BCUT2D eigenvalue weighted by molar-refractivity contribution is -0.384. The second kappa shape index (κ2) is 5.10. The molecule has 0 aliphatic carbocycles. The summed E-state index contributed by atoms with van der Waals surface area (Å²) < 4.78 is 0. The highest BCUT2D eigenvalue weighted by Crippen LogP contribution is 2.40. The van der Waals surface area contributed by atoms with E-state index in [0.717, 1.165) is 11.3 Å². The number of nitro benzene ring substituents is 1. The molecule has 0 radical (unpaired) electrons. The van der Waals surface area contributed by atoms with Crippen LogP contribution in [0.3, 0.4) is 0 Å². The van der Waals surface area contributed by atoms with Gasteiger partial charge < -0.3 is 10.6 Å². The van der Waals surface area contributed by atoms with Gasteiger partial charge in [0.2, 0.25) is 0 Å². The molecule has 1 atom stereocenters. The van der Waals surface area contributed by atoms with Crippen LogP contribution in [0.4, 0.5) is 22.7 Å². The van der Waals surface area contributed by atoms with Crippen molar-refractivity contribution in [1.82, 2.24) is 4.98 Å². The van der Waals surface area contributed by atoms with Crippen LogP contribution in [0.5, 0.6) is 0 Å². The molecule has 106 valence electrons. The molecule has 0 amide bonds. The number of anilines is 3. The number of rotatable bonds is 3. The highest BCUT2D eigenvalue weighted by molar-refractivity contribution is 7.80. The Balaban J connectivity index is 2.06. The number of aromatic nitrogens is 1. The van der Waals surface area contributed by atoms with Gasteiger partial charge in [0, 0.05) is 23.9 Å². The number of nitrogens with one attached hydrogen (secondary N) is 2. The molecule has 0 saturated carbocycles. The minimum Gasteiger partial charge on any atom is -0.349 e. The lowest BCUT2D eigenvalue weighted by Gasteiger charge is -2.09. The Kier molecular flexibility index (Phi) is 3.26. The van der Waals surface area contributed by atoms with E-state index in [2.05, 4.69) is 15.6 Å². The standard InChI is InChI=1S/C14H12N4O2S/c1-8-10-5-13(18(19)20)12(6-11(10)17-14(8)21)16-9-3-2-4-15-7-9/h2-8,16H,1H3,(H,17,21). The summed E-state index contributed by atoms with van der Waals surface area (Å²) in [7, 11) is 0. The molecule has 0 bridgehead atoms. The second-order valence-corrected chi connectivity index (χ2v) is 5.23. The van der Waals surface area contributed by atoms with Crippen LogP contribution >= 0.6 is 12.2 Å². The summed E-state index contributed by atoms with van der Waals surface area (Å²) in [6.07, 6.45) is 3.25.